The summed E-state index contributed by atoms with van der Waals surface area (Å²) >= 11 is 0. The maximum absolute atomic E-state index is 13.6. The van der Waals surface area contributed by atoms with Crippen molar-refractivity contribution in [2.45, 2.75) is 45.2 Å². The second-order valence-electron chi connectivity index (χ2n) is 6.40. The Morgan fingerprint density at radius 2 is 1.77 bits per heavy atom. The molecule has 0 fully saturated rings. The lowest BCUT2D eigenvalue weighted by molar-refractivity contribution is 0.470. The topological polar surface area (TPSA) is 56.7 Å². The molecule has 0 unspecified atom stereocenters. The molecule has 120 valence electrons. The quantitative estimate of drug-likeness (QED) is 0.883. The van der Waals surface area contributed by atoms with Crippen molar-refractivity contribution in [2.75, 3.05) is 0 Å². The number of hydrogen-bond acceptors (Lipinski definition) is 3. The molecule has 2 aromatic rings. The van der Waals surface area contributed by atoms with E-state index in [9.17, 15) is 13.2 Å². The van der Waals surface area contributed by atoms with Crippen LogP contribution in [0.1, 0.15) is 32.0 Å². The van der Waals surface area contributed by atoms with Crippen molar-refractivity contribution >= 4 is 0 Å². The van der Waals surface area contributed by atoms with E-state index in [1.807, 2.05) is 20.8 Å². The van der Waals surface area contributed by atoms with Crippen LogP contribution in [0.3, 0.4) is 0 Å². The molecule has 0 saturated heterocycles. The first kappa shape index (κ1) is 16.5. The van der Waals surface area contributed by atoms with E-state index in [0.29, 0.717) is 12.6 Å². The second kappa shape index (κ2) is 6.08. The van der Waals surface area contributed by atoms with E-state index in [4.69, 9.17) is 5.73 Å². The number of aromatic nitrogens is 3. The van der Waals surface area contributed by atoms with Gasteiger partial charge in [-0.3, -0.25) is 4.68 Å². The van der Waals surface area contributed by atoms with Crippen molar-refractivity contribution < 1.29 is 13.2 Å². The fourth-order valence-electron chi connectivity index (χ4n) is 2.04. The molecule has 0 amide bonds. The maximum Gasteiger partial charge on any atom is 0.161 e. The second-order valence-corrected chi connectivity index (χ2v) is 6.40. The highest BCUT2D eigenvalue weighted by molar-refractivity contribution is 5.21. The van der Waals surface area contributed by atoms with Crippen molar-refractivity contribution in [3.8, 4) is 0 Å². The molecule has 1 aromatic heterocycles. The zero-order valence-corrected chi connectivity index (χ0v) is 12.8. The van der Waals surface area contributed by atoms with Crippen LogP contribution in [0, 0.1) is 17.5 Å². The minimum atomic E-state index is -1.21. The van der Waals surface area contributed by atoms with Crippen LogP contribution in [0.4, 0.5) is 13.2 Å². The molecule has 0 aliphatic rings. The van der Waals surface area contributed by atoms with Gasteiger partial charge in [-0.1, -0.05) is 26.0 Å². The van der Waals surface area contributed by atoms with Crippen molar-refractivity contribution in [3.63, 3.8) is 0 Å². The van der Waals surface area contributed by atoms with Crippen LogP contribution in [-0.2, 0) is 18.4 Å². The van der Waals surface area contributed by atoms with Crippen molar-refractivity contribution in [2.24, 2.45) is 5.73 Å². The Morgan fingerprint density at radius 1 is 1.14 bits per heavy atom. The molecule has 0 aliphatic carbocycles. The third-order valence-electron chi connectivity index (χ3n) is 3.30. The van der Waals surface area contributed by atoms with Crippen LogP contribution in [0.25, 0.3) is 0 Å². The van der Waals surface area contributed by atoms with Gasteiger partial charge in [-0.05, 0) is 18.1 Å². The molecule has 2 rings (SSSR count). The van der Waals surface area contributed by atoms with Gasteiger partial charge in [0.15, 0.2) is 11.6 Å². The summed E-state index contributed by atoms with van der Waals surface area (Å²) in [5.74, 6) is -3.09. The Kier molecular flexibility index (Phi) is 4.55. The lowest BCUT2D eigenvalue weighted by Crippen LogP contribution is -2.29. The summed E-state index contributed by atoms with van der Waals surface area (Å²) in [6.07, 6.45) is 1.86. The molecule has 1 heterocycles. The van der Waals surface area contributed by atoms with Crippen molar-refractivity contribution in [1.29, 1.82) is 0 Å². The lowest BCUT2D eigenvalue weighted by Gasteiger charge is -2.14. The largest absolute Gasteiger partial charge is 0.326 e. The van der Waals surface area contributed by atoms with Crippen molar-refractivity contribution in [1.82, 2.24) is 15.0 Å². The summed E-state index contributed by atoms with van der Waals surface area (Å²) < 4.78 is 41.2. The van der Waals surface area contributed by atoms with Gasteiger partial charge in [0.1, 0.15) is 5.82 Å². The Labute approximate surface area is 127 Å². The van der Waals surface area contributed by atoms with Gasteiger partial charge in [0.25, 0.3) is 0 Å². The van der Waals surface area contributed by atoms with Gasteiger partial charge in [0.2, 0.25) is 0 Å². The molecule has 0 bridgehead atoms. The van der Waals surface area contributed by atoms with Crippen LogP contribution >= 0.6 is 0 Å². The van der Waals surface area contributed by atoms with Crippen LogP contribution in [-0.4, -0.2) is 21.0 Å². The highest BCUT2D eigenvalue weighted by atomic mass is 19.2. The molecule has 22 heavy (non-hydrogen) atoms. The SMILES string of the molecule is CC(C)(C)c1cn(C[C@H](N)Cc2cc(F)c(F)cc2F)nn1. The van der Waals surface area contributed by atoms with Gasteiger partial charge >= 0.3 is 0 Å². The molecule has 0 saturated carbocycles. The van der Waals surface area contributed by atoms with Crippen LogP contribution in [0.2, 0.25) is 0 Å². The van der Waals surface area contributed by atoms with Crippen LogP contribution in [0.5, 0.6) is 0 Å². The predicted octanol–water partition coefficient (Wildman–Crippen LogP) is 2.56. The smallest absolute Gasteiger partial charge is 0.161 e. The molecule has 0 spiro atoms. The van der Waals surface area contributed by atoms with E-state index in [0.717, 1.165) is 11.8 Å². The zero-order chi connectivity index (χ0) is 16.5. The maximum atomic E-state index is 13.6. The van der Waals surface area contributed by atoms with E-state index in [-0.39, 0.29) is 17.4 Å². The van der Waals surface area contributed by atoms with E-state index >= 15 is 0 Å². The molecule has 4 nitrogen and oxygen atoms in total. The van der Waals surface area contributed by atoms with Crippen LogP contribution in [0.15, 0.2) is 18.3 Å². The number of nitrogens with two attached hydrogens (primary N) is 1. The number of rotatable bonds is 4. The number of hydrogen-bond donors (Lipinski definition) is 1. The minimum absolute atomic E-state index is 0.0440. The summed E-state index contributed by atoms with van der Waals surface area (Å²) in [7, 11) is 0. The lowest BCUT2D eigenvalue weighted by atomic mass is 9.93. The number of nitrogens with zero attached hydrogens (tertiary/aromatic N) is 3. The average Bonchev–Trinajstić information content (AvgIpc) is 2.84. The molecule has 1 aromatic carbocycles. The molecule has 0 aliphatic heterocycles. The third-order valence-corrected chi connectivity index (χ3v) is 3.30. The van der Waals surface area contributed by atoms with E-state index < -0.39 is 23.5 Å². The Balaban J connectivity index is 2.06. The monoisotopic (exact) mass is 312 g/mol. The number of benzene rings is 1. The molecule has 0 radical (unpaired) electrons. The van der Waals surface area contributed by atoms with E-state index in [2.05, 4.69) is 10.3 Å². The van der Waals surface area contributed by atoms with Gasteiger partial charge in [-0.2, -0.15) is 0 Å². The van der Waals surface area contributed by atoms with E-state index in [1.54, 1.807) is 10.9 Å². The highest BCUT2D eigenvalue weighted by Gasteiger charge is 2.19. The summed E-state index contributed by atoms with van der Waals surface area (Å²) in [6, 6.07) is 0.880. The molecule has 7 heteroatoms. The third kappa shape index (κ3) is 3.85. The fourth-order valence-corrected chi connectivity index (χ4v) is 2.04. The predicted molar refractivity (Wildman–Crippen MR) is 76.7 cm³/mol. The Morgan fingerprint density at radius 3 is 2.36 bits per heavy atom. The Hall–Kier alpha value is -1.89. The number of halogens is 3. The molecular weight excluding hydrogens is 293 g/mol. The molecule has 1 atom stereocenters. The van der Waals surface area contributed by atoms with Gasteiger partial charge < -0.3 is 5.73 Å². The van der Waals surface area contributed by atoms with Gasteiger partial charge in [0, 0.05) is 23.7 Å². The summed E-state index contributed by atoms with van der Waals surface area (Å²) in [5.41, 5.74) is 6.67. The minimum Gasteiger partial charge on any atom is -0.326 e. The summed E-state index contributed by atoms with van der Waals surface area (Å²) in [6.45, 7) is 6.34. The van der Waals surface area contributed by atoms with Gasteiger partial charge in [-0.15, -0.1) is 5.10 Å². The zero-order valence-electron chi connectivity index (χ0n) is 12.8. The molecular formula is C15H19F3N4. The molecule has 2 N–H and O–H groups in total. The van der Waals surface area contributed by atoms with Crippen LogP contribution < -0.4 is 5.73 Å². The van der Waals surface area contributed by atoms with Gasteiger partial charge in [0.05, 0.1) is 12.2 Å². The normalized spacial score (nSPS) is 13.4. The summed E-state index contributed by atoms with van der Waals surface area (Å²) in [5, 5.41) is 8.04. The first-order valence-corrected chi connectivity index (χ1v) is 6.96. The van der Waals surface area contributed by atoms with Crippen molar-refractivity contribution in [3.05, 3.63) is 47.0 Å². The first-order chi connectivity index (χ1) is 10.2. The average molecular weight is 312 g/mol. The van der Waals surface area contributed by atoms with E-state index in [1.165, 1.54) is 0 Å². The first-order valence-electron chi connectivity index (χ1n) is 6.96. The standard InChI is InChI=1S/C15H19F3N4/c1-15(2,3)14-8-22(21-20-14)7-10(19)4-9-5-12(17)13(18)6-11(9)16/h5-6,8,10H,4,7,19H2,1-3H3/t10-/m1/s1. The summed E-state index contributed by atoms with van der Waals surface area (Å²) in [4.78, 5) is 0. The fraction of sp³-hybridized carbons (Fsp3) is 0.467. The Bertz CT molecular complexity index is 661. The highest BCUT2D eigenvalue weighted by Crippen LogP contribution is 2.19. The van der Waals surface area contributed by atoms with Gasteiger partial charge in [-0.25, -0.2) is 13.2 Å².